The number of nitrogens with zero attached hydrogens (tertiary/aromatic N) is 2. The Bertz CT molecular complexity index is 583. The molecule has 0 saturated carbocycles. The second-order valence-corrected chi connectivity index (χ2v) is 5.29. The summed E-state index contributed by atoms with van der Waals surface area (Å²) < 4.78 is 5.57. The van der Waals surface area contributed by atoms with E-state index < -0.39 is 12.0 Å². The molecular formula is C16H18N2O3. The molecule has 5 heteroatoms. The smallest absolute Gasteiger partial charge is 0.320 e. The summed E-state index contributed by atoms with van der Waals surface area (Å²) in [5.74, 6) is -0.00806. The van der Waals surface area contributed by atoms with Crippen LogP contribution in [0.1, 0.15) is 36.6 Å². The molecule has 2 atom stereocenters. The molecule has 2 aromatic rings. The average molecular weight is 286 g/mol. The summed E-state index contributed by atoms with van der Waals surface area (Å²) in [4.78, 5) is 17.8. The van der Waals surface area contributed by atoms with E-state index in [4.69, 9.17) is 4.42 Å². The van der Waals surface area contributed by atoms with E-state index >= 15 is 0 Å². The van der Waals surface area contributed by atoms with Crippen LogP contribution in [-0.4, -0.2) is 33.5 Å². The molecule has 0 aromatic carbocycles. The molecule has 1 aliphatic heterocycles. The fourth-order valence-electron chi connectivity index (χ4n) is 3.03. The maximum atomic E-state index is 11.6. The molecule has 3 rings (SSSR count). The molecule has 5 nitrogen and oxygen atoms in total. The van der Waals surface area contributed by atoms with E-state index in [1.165, 1.54) is 0 Å². The molecule has 3 heterocycles. The summed E-state index contributed by atoms with van der Waals surface area (Å²) in [7, 11) is 0. The van der Waals surface area contributed by atoms with Crippen molar-refractivity contribution in [3.8, 4) is 0 Å². The number of piperidine rings is 1. The first kappa shape index (κ1) is 13.8. The number of pyridine rings is 1. The van der Waals surface area contributed by atoms with Crippen LogP contribution in [0.25, 0.3) is 0 Å². The molecule has 1 fully saturated rings. The van der Waals surface area contributed by atoms with Gasteiger partial charge >= 0.3 is 5.97 Å². The van der Waals surface area contributed by atoms with E-state index in [1.807, 2.05) is 29.2 Å². The Kier molecular flexibility index (Phi) is 4.01. The number of aliphatic carboxylic acids is 1. The van der Waals surface area contributed by atoms with Gasteiger partial charge in [0.05, 0.1) is 12.3 Å². The maximum absolute atomic E-state index is 11.6. The summed E-state index contributed by atoms with van der Waals surface area (Å²) in [5.41, 5.74) is 0.959. The van der Waals surface area contributed by atoms with Gasteiger partial charge in [-0.15, -0.1) is 0 Å². The molecule has 0 amide bonds. The van der Waals surface area contributed by atoms with Crippen molar-refractivity contribution in [1.82, 2.24) is 9.88 Å². The van der Waals surface area contributed by atoms with Crippen LogP contribution in [0, 0.1) is 0 Å². The second-order valence-electron chi connectivity index (χ2n) is 5.29. The van der Waals surface area contributed by atoms with E-state index in [0.29, 0.717) is 6.42 Å². The van der Waals surface area contributed by atoms with Crippen LogP contribution in [0.5, 0.6) is 0 Å². The summed E-state index contributed by atoms with van der Waals surface area (Å²) >= 11 is 0. The molecular weight excluding hydrogens is 268 g/mol. The van der Waals surface area contributed by atoms with E-state index in [2.05, 4.69) is 4.98 Å². The molecule has 1 saturated heterocycles. The van der Waals surface area contributed by atoms with Crippen molar-refractivity contribution in [2.45, 2.75) is 31.3 Å². The SMILES string of the molecule is O=C(O)C1CCCCN1C(c1cccnc1)c1ccco1. The number of likely N-dealkylation sites (tertiary alicyclic amines) is 1. The van der Waals surface area contributed by atoms with Crippen LogP contribution >= 0.6 is 0 Å². The maximum Gasteiger partial charge on any atom is 0.320 e. The molecule has 2 aromatic heterocycles. The summed E-state index contributed by atoms with van der Waals surface area (Å²) in [6.07, 6.45) is 7.74. The first-order valence-corrected chi connectivity index (χ1v) is 7.19. The number of carboxylic acid groups (broad SMARTS) is 1. The lowest BCUT2D eigenvalue weighted by Gasteiger charge is -2.38. The van der Waals surface area contributed by atoms with Gasteiger partial charge in [-0.3, -0.25) is 14.7 Å². The fourth-order valence-corrected chi connectivity index (χ4v) is 3.03. The van der Waals surface area contributed by atoms with Crippen LogP contribution < -0.4 is 0 Å². The molecule has 0 bridgehead atoms. The second kappa shape index (κ2) is 6.10. The van der Waals surface area contributed by atoms with Crippen molar-refractivity contribution in [2.24, 2.45) is 0 Å². The fraction of sp³-hybridized carbons (Fsp3) is 0.375. The summed E-state index contributed by atoms with van der Waals surface area (Å²) in [5, 5.41) is 9.51. The van der Waals surface area contributed by atoms with Gasteiger partial charge in [-0.2, -0.15) is 0 Å². The Morgan fingerprint density at radius 1 is 1.38 bits per heavy atom. The van der Waals surface area contributed by atoms with Crippen molar-refractivity contribution in [2.75, 3.05) is 6.54 Å². The van der Waals surface area contributed by atoms with E-state index in [1.54, 1.807) is 18.7 Å². The minimum Gasteiger partial charge on any atom is -0.480 e. The number of aromatic nitrogens is 1. The predicted octanol–water partition coefficient (Wildman–Crippen LogP) is 2.70. The summed E-state index contributed by atoms with van der Waals surface area (Å²) in [6.45, 7) is 0.747. The van der Waals surface area contributed by atoms with E-state index in [-0.39, 0.29) is 6.04 Å². The van der Waals surface area contributed by atoms with Gasteiger partial charge in [0, 0.05) is 18.9 Å². The minimum atomic E-state index is -0.768. The predicted molar refractivity (Wildman–Crippen MR) is 76.8 cm³/mol. The molecule has 0 aliphatic carbocycles. The highest BCUT2D eigenvalue weighted by atomic mass is 16.4. The number of furan rings is 1. The third-order valence-corrected chi connectivity index (χ3v) is 3.97. The third kappa shape index (κ3) is 2.83. The van der Waals surface area contributed by atoms with Crippen LogP contribution in [-0.2, 0) is 4.79 Å². The van der Waals surface area contributed by atoms with Crippen LogP contribution in [0.2, 0.25) is 0 Å². The molecule has 1 aliphatic rings. The van der Waals surface area contributed by atoms with Gasteiger partial charge in [0.25, 0.3) is 0 Å². The topological polar surface area (TPSA) is 66.6 Å². The Hall–Kier alpha value is -2.14. The van der Waals surface area contributed by atoms with Crippen molar-refractivity contribution < 1.29 is 14.3 Å². The first-order valence-electron chi connectivity index (χ1n) is 7.19. The average Bonchev–Trinajstić information content (AvgIpc) is 3.03. The van der Waals surface area contributed by atoms with Crippen molar-refractivity contribution in [1.29, 1.82) is 0 Å². The third-order valence-electron chi connectivity index (χ3n) is 3.97. The van der Waals surface area contributed by atoms with E-state index in [9.17, 15) is 9.90 Å². The highest BCUT2D eigenvalue weighted by Gasteiger charge is 2.36. The van der Waals surface area contributed by atoms with Crippen molar-refractivity contribution in [3.63, 3.8) is 0 Å². The van der Waals surface area contributed by atoms with Crippen molar-refractivity contribution in [3.05, 3.63) is 54.2 Å². The highest BCUT2D eigenvalue weighted by molar-refractivity contribution is 5.73. The van der Waals surface area contributed by atoms with Gasteiger partial charge in [-0.25, -0.2) is 0 Å². The van der Waals surface area contributed by atoms with Crippen molar-refractivity contribution >= 4 is 5.97 Å². The lowest BCUT2D eigenvalue weighted by molar-refractivity contribution is -0.145. The van der Waals surface area contributed by atoms with Gasteiger partial charge < -0.3 is 9.52 Å². The number of rotatable bonds is 4. The normalized spacial score (nSPS) is 21.0. The highest BCUT2D eigenvalue weighted by Crippen LogP contribution is 2.33. The monoisotopic (exact) mass is 286 g/mol. The quantitative estimate of drug-likeness (QED) is 0.936. The van der Waals surface area contributed by atoms with Crippen LogP contribution in [0.15, 0.2) is 47.3 Å². The van der Waals surface area contributed by atoms with Gasteiger partial charge in [-0.05, 0) is 36.6 Å². The number of carboxylic acids is 1. The zero-order chi connectivity index (χ0) is 14.7. The molecule has 2 unspecified atom stereocenters. The van der Waals surface area contributed by atoms with Gasteiger partial charge in [0.2, 0.25) is 0 Å². The molecule has 0 radical (unpaired) electrons. The first-order chi connectivity index (χ1) is 10.3. The number of hydrogen-bond donors (Lipinski definition) is 1. The standard InChI is InChI=1S/C16H18N2O3/c19-16(20)13-6-1-2-9-18(13)15(14-7-4-10-21-14)12-5-3-8-17-11-12/h3-5,7-8,10-11,13,15H,1-2,6,9H2,(H,19,20). The molecule has 1 N–H and O–H groups in total. The minimum absolute atomic E-state index is 0.199. The van der Waals surface area contributed by atoms with E-state index in [0.717, 1.165) is 30.7 Å². The summed E-state index contributed by atoms with van der Waals surface area (Å²) in [6, 6.07) is 6.88. The number of carbonyl (C=O) groups is 1. The Balaban J connectivity index is 2.00. The molecule has 21 heavy (non-hydrogen) atoms. The lowest BCUT2D eigenvalue weighted by atomic mass is 9.95. The van der Waals surface area contributed by atoms with Gasteiger partial charge in [-0.1, -0.05) is 12.5 Å². The zero-order valence-corrected chi connectivity index (χ0v) is 11.7. The molecule has 0 spiro atoms. The van der Waals surface area contributed by atoms with Crippen LogP contribution in [0.3, 0.4) is 0 Å². The number of hydrogen-bond acceptors (Lipinski definition) is 4. The lowest BCUT2D eigenvalue weighted by Crippen LogP contribution is -2.46. The Morgan fingerprint density at radius 2 is 2.29 bits per heavy atom. The zero-order valence-electron chi connectivity index (χ0n) is 11.7. The van der Waals surface area contributed by atoms with Gasteiger partial charge in [0.15, 0.2) is 0 Å². The van der Waals surface area contributed by atoms with Crippen LogP contribution in [0.4, 0.5) is 0 Å². The largest absolute Gasteiger partial charge is 0.480 e. The molecule has 110 valence electrons. The van der Waals surface area contributed by atoms with Gasteiger partial charge in [0.1, 0.15) is 11.8 Å². The Morgan fingerprint density at radius 3 is 2.95 bits per heavy atom. The Labute approximate surface area is 123 Å².